The van der Waals surface area contributed by atoms with Gasteiger partial charge in [-0.1, -0.05) is 0 Å². The van der Waals surface area contributed by atoms with E-state index in [0.29, 0.717) is 0 Å². The van der Waals surface area contributed by atoms with Crippen LogP contribution in [-0.4, -0.2) is 23.2 Å². The number of hydrogen-bond donors (Lipinski definition) is 2. The van der Waals surface area contributed by atoms with Crippen molar-refractivity contribution in [3.05, 3.63) is 36.4 Å². The van der Waals surface area contributed by atoms with Gasteiger partial charge in [0.1, 0.15) is 4.90 Å². The second-order valence-corrected chi connectivity index (χ2v) is 5.21. The molecule has 2 aromatic heterocycles. The Morgan fingerprint density at radius 3 is 2.94 bits per heavy atom. The summed E-state index contributed by atoms with van der Waals surface area (Å²) in [5.74, 6) is 0. The largest absolute Gasteiger partial charge is 0.357 e. The van der Waals surface area contributed by atoms with Crippen LogP contribution in [0.5, 0.6) is 0 Å². The highest BCUT2D eigenvalue weighted by molar-refractivity contribution is 7.89. The van der Waals surface area contributed by atoms with Gasteiger partial charge in [0.25, 0.3) is 0 Å². The maximum atomic E-state index is 11.7. The number of hydrogen-bond acceptors (Lipinski definition) is 3. The van der Waals surface area contributed by atoms with E-state index in [1.54, 1.807) is 0 Å². The molecule has 0 unspecified atom stereocenters. The Morgan fingerprint density at radius 1 is 1.56 bits per heavy atom. The van der Waals surface area contributed by atoms with Gasteiger partial charge >= 0.3 is 0 Å². The fourth-order valence-corrected chi connectivity index (χ4v) is 2.24. The molecule has 0 radical (unpaired) electrons. The maximum Gasteiger partial charge on any atom is 0.243 e. The van der Waals surface area contributed by atoms with Crippen LogP contribution in [0, 0.1) is 0 Å². The van der Waals surface area contributed by atoms with Crippen molar-refractivity contribution in [2.45, 2.75) is 11.4 Å². The van der Waals surface area contributed by atoms with Crippen molar-refractivity contribution in [3.63, 3.8) is 0 Å². The maximum absolute atomic E-state index is 11.7. The number of nitrogens with zero attached hydrogens (tertiary/aromatic N) is 2. The van der Waals surface area contributed by atoms with Crippen molar-refractivity contribution in [1.82, 2.24) is 19.5 Å². The van der Waals surface area contributed by atoms with Gasteiger partial charge in [-0.05, 0) is 11.6 Å². The summed E-state index contributed by atoms with van der Waals surface area (Å²) < 4.78 is 27.7. The quantitative estimate of drug-likeness (QED) is 0.802. The summed E-state index contributed by atoms with van der Waals surface area (Å²) in [6.45, 7) is 0.272. The average Bonchev–Trinajstić information content (AvgIpc) is 2.85. The van der Waals surface area contributed by atoms with Crippen LogP contribution in [0.2, 0.25) is 0 Å². The summed E-state index contributed by atoms with van der Waals surface area (Å²) in [6, 6.07) is 1.86. The van der Waals surface area contributed by atoms with E-state index in [1.165, 1.54) is 12.4 Å². The van der Waals surface area contributed by atoms with Crippen LogP contribution in [-0.2, 0) is 23.6 Å². The van der Waals surface area contributed by atoms with Crippen LogP contribution in [0.4, 0.5) is 0 Å². The summed E-state index contributed by atoms with van der Waals surface area (Å²) in [4.78, 5) is 0.142. The molecule has 16 heavy (non-hydrogen) atoms. The van der Waals surface area contributed by atoms with E-state index in [1.807, 2.05) is 30.1 Å². The van der Waals surface area contributed by atoms with Crippen molar-refractivity contribution in [2.24, 2.45) is 7.05 Å². The van der Waals surface area contributed by atoms with E-state index in [0.717, 1.165) is 5.56 Å². The first-order valence-corrected chi connectivity index (χ1v) is 6.15. The van der Waals surface area contributed by atoms with E-state index in [9.17, 15) is 8.42 Å². The molecular weight excluding hydrogens is 228 g/mol. The standard InChI is InChI=1S/C9H12N4O2S/c1-13-3-2-8(7-13)4-12-16(14,15)9-5-10-11-6-9/h2-3,5-7,12H,4H2,1H3,(H,10,11). The Balaban J connectivity index is 2.06. The van der Waals surface area contributed by atoms with Gasteiger partial charge in [-0.3, -0.25) is 5.10 Å². The lowest BCUT2D eigenvalue weighted by Gasteiger charge is -2.02. The van der Waals surface area contributed by atoms with E-state index in [-0.39, 0.29) is 11.4 Å². The average molecular weight is 240 g/mol. The second kappa shape index (κ2) is 4.11. The molecule has 2 rings (SSSR count). The number of rotatable bonds is 4. The predicted molar refractivity (Wildman–Crippen MR) is 58.0 cm³/mol. The lowest BCUT2D eigenvalue weighted by Crippen LogP contribution is -2.22. The minimum absolute atomic E-state index is 0.142. The van der Waals surface area contributed by atoms with Gasteiger partial charge < -0.3 is 4.57 Å². The minimum Gasteiger partial charge on any atom is -0.357 e. The molecule has 0 aliphatic carbocycles. The molecule has 0 atom stereocenters. The molecule has 0 saturated heterocycles. The molecule has 86 valence electrons. The van der Waals surface area contributed by atoms with Crippen LogP contribution in [0.3, 0.4) is 0 Å². The number of nitrogens with one attached hydrogen (secondary N) is 2. The third-order valence-electron chi connectivity index (χ3n) is 2.14. The Hall–Kier alpha value is -1.60. The molecule has 6 nitrogen and oxygen atoms in total. The van der Waals surface area contributed by atoms with Gasteiger partial charge in [-0.2, -0.15) is 5.10 Å². The Morgan fingerprint density at radius 2 is 2.38 bits per heavy atom. The molecule has 2 heterocycles. The summed E-state index contributed by atoms with van der Waals surface area (Å²) in [7, 11) is -1.58. The second-order valence-electron chi connectivity index (χ2n) is 3.44. The predicted octanol–water partition coefficient (Wildman–Crippen LogP) is 0.227. The Bertz CT molecular complexity index is 556. The fourth-order valence-electron chi connectivity index (χ4n) is 1.31. The first kappa shape index (κ1) is 10.9. The minimum atomic E-state index is -3.46. The molecule has 2 aromatic rings. The number of aryl methyl sites for hydroxylation is 1. The van der Waals surface area contributed by atoms with Gasteiger partial charge in [-0.25, -0.2) is 13.1 Å². The van der Waals surface area contributed by atoms with E-state index >= 15 is 0 Å². The highest BCUT2D eigenvalue weighted by atomic mass is 32.2. The number of H-pyrrole nitrogens is 1. The van der Waals surface area contributed by atoms with Crippen LogP contribution < -0.4 is 4.72 Å². The lowest BCUT2D eigenvalue weighted by atomic mass is 10.4. The number of aromatic amines is 1. The van der Waals surface area contributed by atoms with Crippen LogP contribution >= 0.6 is 0 Å². The molecule has 2 N–H and O–H groups in total. The summed E-state index contributed by atoms with van der Waals surface area (Å²) in [6.07, 6.45) is 6.33. The topological polar surface area (TPSA) is 79.8 Å². The highest BCUT2D eigenvalue weighted by Crippen LogP contribution is 2.06. The molecule has 0 saturated carbocycles. The van der Waals surface area contributed by atoms with Gasteiger partial charge in [0, 0.05) is 32.2 Å². The monoisotopic (exact) mass is 240 g/mol. The highest BCUT2D eigenvalue weighted by Gasteiger charge is 2.14. The van der Waals surface area contributed by atoms with E-state index in [4.69, 9.17) is 0 Å². The molecule has 0 bridgehead atoms. The van der Waals surface area contributed by atoms with Gasteiger partial charge in [0.2, 0.25) is 10.0 Å². The lowest BCUT2D eigenvalue weighted by molar-refractivity contribution is 0.581. The first-order valence-electron chi connectivity index (χ1n) is 4.67. The Kier molecular flexibility index (Phi) is 2.80. The van der Waals surface area contributed by atoms with Crippen molar-refractivity contribution in [3.8, 4) is 0 Å². The van der Waals surface area contributed by atoms with Crippen molar-refractivity contribution < 1.29 is 8.42 Å². The fraction of sp³-hybridized carbons (Fsp3) is 0.222. The SMILES string of the molecule is Cn1ccc(CNS(=O)(=O)c2cn[nH]c2)c1. The zero-order valence-electron chi connectivity index (χ0n) is 8.71. The number of aromatic nitrogens is 3. The van der Waals surface area contributed by atoms with Crippen molar-refractivity contribution in [1.29, 1.82) is 0 Å². The summed E-state index contributed by atoms with van der Waals surface area (Å²) in [5.41, 5.74) is 0.912. The van der Waals surface area contributed by atoms with E-state index < -0.39 is 10.0 Å². The first-order chi connectivity index (χ1) is 7.58. The molecule has 0 amide bonds. The molecule has 0 aliphatic rings. The van der Waals surface area contributed by atoms with Gasteiger partial charge in [-0.15, -0.1) is 0 Å². The van der Waals surface area contributed by atoms with Gasteiger partial charge in [0.15, 0.2) is 0 Å². The molecule has 0 aromatic carbocycles. The van der Waals surface area contributed by atoms with E-state index in [2.05, 4.69) is 14.9 Å². The summed E-state index contributed by atoms with van der Waals surface area (Å²) >= 11 is 0. The molecular formula is C9H12N4O2S. The van der Waals surface area contributed by atoms with Crippen LogP contribution in [0.25, 0.3) is 0 Å². The molecule has 0 spiro atoms. The molecule has 7 heteroatoms. The molecule has 0 aliphatic heterocycles. The van der Waals surface area contributed by atoms with Crippen LogP contribution in [0.15, 0.2) is 35.7 Å². The van der Waals surface area contributed by atoms with Crippen molar-refractivity contribution >= 4 is 10.0 Å². The van der Waals surface area contributed by atoms with Crippen molar-refractivity contribution in [2.75, 3.05) is 0 Å². The van der Waals surface area contributed by atoms with Crippen LogP contribution in [0.1, 0.15) is 5.56 Å². The third-order valence-corrected chi connectivity index (χ3v) is 3.51. The van der Waals surface area contributed by atoms with Gasteiger partial charge in [0.05, 0.1) is 6.20 Å². The zero-order valence-corrected chi connectivity index (χ0v) is 9.53. The third kappa shape index (κ3) is 2.31. The summed E-state index contributed by atoms with van der Waals surface area (Å²) in [5, 5.41) is 6.06. The normalized spacial score (nSPS) is 11.8. The molecule has 0 fully saturated rings. The zero-order chi connectivity index (χ0) is 11.6. The smallest absolute Gasteiger partial charge is 0.243 e. The Labute approximate surface area is 93.3 Å². The number of sulfonamides is 1.